The van der Waals surface area contributed by atoms with Crippen LogP contribution in [0.3, 0.4) is 0 Å². The van der Waals surface area contributed by atoms with Crippen molar-refractivity contribution < 1.29 is 4.74 Å². The van der Waals surface area contributed by atoms with Crippen molar-refractivity contribution in [3.63, 3.8) is 0 Å². The Hall–Kier alpha value is -1.06. The smallest absolute Gasteiger partial charge is 0.218 e. The highest BCUT2D eigenvalue weighted by molar-refractivity contribution is 5.85. The van der Waals surface area contributed by atoms with Crippen molar-refractivity contribution in [3.8, 4) is 5.88 Å². The Morgan fingerprint density at radius 1 is 1.47 bits per heavy atom. The third-order valence-corrected chi connectivity index (χ3v) is 2.13. The van der Waals surface area contributed by atoms with Gasteiger partial charge in [0, 0.05) is 18.7 Å². The van der Waals surface area contributed by atoms with Gasteiger partial charge in [0.15, 0.2) is 0 Å². The number of pyridine rings is 1. The van der Waals surface area contributed by atoms with Crippen LogP contribution in [0.15, 0.2) is 18.2 Å². The Kier molecular flexibility index (Phi) is 4.59. The molecule has 0 bridgehead atoms. The van der Waals surface area contributed by atoms with E-state index in [-0.39, 0.29) is 12.4 Å². The van der Waals surface area contributed by atoms with Gasteiger partial charge in [-0.15, -0.1) is 12.4 Å². The van der Waals surface area contributed by atoms with Gasteiger partial charge in [-0.1, -0.05) is 12.1 Å². The summed E-state index contributed by atoms with van der Waals surface area (Å²) in [6, 6.07) is 4.07. The molecule has 0 aromatic carbocycles. The summed E-state index contributed by atoms with van der Waals surface area (Å²) in [7, 11) is 0. The quantitative estimate of drug-likeness (QED) is 0.796. The molecule has 0 radical (unpaired) electrons. The first-order valence-electron chi connectivity index (χ1n) is 4.86. The lowest BCUT2D eigenvalue weighted by atomic mass is 10.2. The monoisotopic (exact) mass is 226 g/mol. The van der Waals surface area contributed by atoms with Gasteiger partial charge >= 0.3 is 0 Å². The van der Waals surface area contributed by atoms with Crippen LogP contribution >= 0.6 is 12.4 Å². The predicted molar refractivity (Wildman–Crippen MR) is 63.4 cm³/mol. The van der Waals surface area contributed by atoms with E-state index in [4.69, 9.17) is 4.74 Å². The maximum atomic E-state index is 5.53. The second-order valence-corrected chi connectivity index (χ2v) is 3.23. The van der Waals surface area contributed by atoms with Gasteiger partial charge in [-0.2, -0.15) is 0 Å². The molecule has 1 aliphatic rings. The van der Waals surface area contributed by atoms with Crippen LogP contribution in [0.5, 0.6) is 5.88 Å². The number of nitrogens with one attached hydrogen (secondary N) is 1. The zero-order valence-corrected chi connectivity index (χ0v) is 9.51. The molecule has 0 aliphatic carbocycles. The van der Waals surface area contributed by atoms with E-state index in [1.165, 1.54) is 0 Å². The minimum Gasteiger partial charge on any atom is -0.476 e. The highest BCUT2D eigenvalue weighted by Crippen LogP contribution is 2.18. The van der Waals surface area contributed by atoms with Crippen LogP contribution in [0.25, 0.3) is 6.08 Å². The molecule has 0 fully saturated rings. The number of rotatable bonds is 1. The average molecular weight is 227 g/mol. The molecule has 1 aromatic heterocycles. The molecular formula is C11H15ClN2O. The number of hydrogen-bond acceptors (Lipinski definition) is 3. The van der Waals surface area contributed by atoms with Crippen LogP contribution in [0.1, 0.15) is 18.2 Å². The summed E-state index contributed by atoms with van der Waals surface area (Å²) >= 11 is 0. The fourth-order valence-electron chi connectivity index (χ4n) is 1.45. The fraction of sp³-hybridized carbons (Fsp3) is 0.364. The molecule has 82 valence electrons. The van der Waals surface area contributed by atoms with Crippen molar-refractivity contribution >= 4 is 18.5 Å². The normalized spacial score (nSPS) is 15.0. The summed E-state index contributed by atoms with van der Waals surface area (Å²) in [4.78, 5) is 4.41. The van der Waals surface area contributed by atoms with Gasteiger partial charge in [-0.25, -0.2) is 4.98 Å². The van der Waals surface area contributed by atoms with Gasteiger partial charge in [-0.05, 0) is 19.1 Å². The van der Waals surface area contributed by atoms with Crippen molar-refractivity contribution in [2.75, 3.05) is 13.2 Å². The first-order valence-corrected chi connectivity index (χ1v) is 4.86. The fourth-order valence-corrected chi connectivity index (χ4v) is 1.45. The van der Waals surface area contributed by atoms with E-state index in [0.29, 0.717) is 6.61 Å². The van der Waals surface area contributed by atoms with E-state index in [9.17, 15) is 0 Å². The second kappa shape index (κ2) is 5.73. The van der Waals surface area contributed by atoms with Crippen molar-refractivity contribution in [3.05, 3.63) is 29.5 Å². The molecule has 3 nitrogen and oxygen atoms in total. The molecule has 2 heterocycles. The van der Waals surface area contributed by atoms with Crippen molar-refractivity contribution in [1.29, 1.82) is 0 Å². The van der Waals surface area contributed by atoms with E-state index < -0.39 is 0 Å². The maximum absolute atomic E-state index is 5.53. The second-order valence-electron chi connectivity index (χ2n) is 3.23. The van der Waals surface area contributed by atoms with E-state index in [1.54, 1.807) is 0 Å². The molecule has 0 unspecified atom stereocenters. The largest absolute Gasteiger partial charge is 0.476 e. The number of hydrogen-bond donors (Lipinski definition) is 1. The number of halogens is 1. The van der Waals surface area contributed by atoms with Crippen LogP contribution in [-0.2, 0) is 6.54 Å². The van der Waals surface area contributed by atoms with Gasteiger partial charge in [0.1, 0.15) is 6.61 Å². The Morgan fingerprint density at radius 3 is 3.13 bits per heavy atom. The molecule has 1 aromatic rings. The minimum absolute atomic E-state index is 0. The Balaban J connectivity index is 0.00000112. The third kappa shape index (κ3) is 2.94. The standard InChI is InChI=1S/C11H14N2O.ClH/c1-2-3-10-5-4-9-8-12-6-7-14-11(9)13-10;/h2-5,12H,6-8H2,1H3;1H/b3-2+;. The van der Waals surface area contributed by atoms with Crippen LogP contribution in [0, 0.1) is 0 Å². The average Bonchev–Trinajstić information content (AvgIpc) is 2.42. The van der Waals surface area contributed by atoms with Crippen LogP contribution < -0.4 is 10.1 Å². The number of fused-ring (bicyclic) bond motifs is 1. The van der Waals surface area contributed by atoms with Gasteiger partial charge < -0.3 is 10.1 Å². The summed E-state index contributed by atoms with van der Waals surface area (Å²) < 4.78 is 5.53. The van der Waals surface area contributed by atoms with E-state index >= 15 is 0 Å². The molecule has 1 aliphatic heterocycles. The van der Waals surface area contributed by atoms with Crippen molar-refractivity contribution in [2.45, 2.75) is 13.5 Å². The number of ether oxygens (including phenoxy) is 1. The summed E-state index contributed by atoms with van der Waals surface area (Å²) in [6.45, 7) is 4.41. The van der Waals surface area contributed by atoms with E-state index in [0.717, 1.165) is 30.2 Å². The Morgan fingerprint density at radius 2 is 2.33 bits per heavy atom. The lowest BCUT2D eigenvalue weighted by Gasteiger charge is -2.05. The molecule has 2 rings (SSSR count). The number of allylic oxidation sites excluding steroid dienone is 1. The topological polar surface area (TPSA) is 34.1 Å². The van der Waals surface area contributed by atoms with Gasteiger partial charge in [0.2, 0.25) is 5.88 Å². The predicted octanol–water partition coefficient (Wildman–Crippen LogP) is 2.02. The molecule has 0 saturated heterocycles. The van der Waals surface area contributed by atoms with Crippen LogP contribution in [0.2, 0.25) is 0 Å². The lowest BCUT2D eigenvalue weighted by Crippen LogP contribution is -2.16. The molecule has 1 N–H and O–H groups in total. The molecular weight excluding hydrogens is 212 g/mol. The van der Waals surface area contributed by atoms with Crippen molar-refractivity contribution in [1.82, 2.24) is 10.3 Å². The SMILES string of the molecule is C/C=C/c1ccc2c(n1)OCCNC2.Cl. The lowest BCUT2D eigenvalue weighted by molar-refractivity contribution is 0.313. The first kappa shape index (κ1) is 12.0. The maximum Gasteiger partial charge on any atom is 0.218 e. The summed E-state index contributed by atoms with van der Waals surface area (Å²) in [5.41, 5.74) is 2.09. The highest BCUT2D eigenvalue weighted by Gasteiger charge is 2.09. The van der Waals surface area contributed by atoms with Gasteiger partial charge in [-0.3, -0.25) is 0 Å². The zero-order chi connectivity index (χ0) is 9.80. The molecule has 0 amide bonds. The number of aromatic nitrogens is 1. The molecule has 0 atom stereocenters. The van der Waals surface area contributed by atoms with E-state index in [1.807, 2.05) is 25.1 Å². The number of nitrogens with zero attached hydrogens (tertiary/aromatic N) is 1. The van der Waals surface area contributed by atoms with Crippen molar-refractivity contribution in [2.24, 2.45) is 0 Å². The highest BCUT2D eigenvalue weighted by atomic mass is 35.5. The van der Waals surface area contributed by atoms with Gasteiger partial charge in [0.25, 0.3) is 0 Å². The molecule has 15 heavy (non-hydrogen) atoms. The Bertz CT molecular complexity index is 352. The van der Waals surface area contributed by atoms with E-state index in [2.05, 4.69) is 16.4 Å². The van der Waals surface area contributed by atoms with Crippen LogP contribution in [-0.4, -0.2) is 18.1 Å². The third-order valence-electron chi connectivity index (χ3n) is 2.13. The summed E-state index contributed by atoms with van der Waals surface area (Å²) in [5.74, 6) is 0.769. The zero-order valence-electron chi connectivity index (χ0n) is 8.69. The van der Waals surface area contributed by atoms with Gasteiger partial charge in [0.05, 0.1) is 5.69 Å². The summed E-state index contributed by atoms with van der Waals surface area (Å²) in [5, 5.41) is 3.27. The summed E-state index contributed by atoms with van der Waals surface area (Å²) in [6.07, 6.45) is 3.95. The molecule has 0 saturated carbocycles. The Labute approximate surface area is 96.0 Å². The minimum atomic E-state index is 0. The first-order chi connectivity index (χ1) is 6.90. The van der Waals surface area contributed by atoms with Crippen LogP contribution in [0.4, 0.5) is 0 Å². The molecule has 0 spiro atoms. The molecule has 4 heteroatoms.